The number of esters is 1. The van der Waals surface area contributed by atoms with Crippen molar-refractivity contribution in [1.82, 2.24) is 15.5 Å². The Labute approximate surface area is 176 Å². The summed E-state index contributed by atoms with van der Waals surface area (Å²) in [5.41, 5.74) is 0.151. The van der Waals surface area contributed by atoms with Gasteiger partial charge in [0.25, 0.3) is 0 Å². The molecule has 29 heavy (non-hydrogen) atoms. The number of carbonyl (C=O) groups excluding carboxylic acids is 1. The van der Waals surface area contributed by atoms with E-state index in [-0.39, 0.29) is 17.4 Å². The minimum absolute atomic E-state index is 0.0291. The molecule has 3 rings (SSSR count). The summed E-state index contributed by atoms with van der Waals surface area (Å²) in [6.07, 6.45) is 8.50. The molecule has 0 amide bonds. The minimum Gasteiger partial charge on any atom is -0.466 e. The zero-order valence-electron chi connectivity index (χ0n) is 18.4. The van der Waals surface area contributed by atoms with Crippen LogP contribution in [0.2, 0.25) is 0 Å². The Kier molecular flexibility index (Phi) is 8.60. The molecular weight excluding hydrogens is 368 g/mol. The molecule has 3 fully saturated rings. The highest BCUT2D eigenvalue weighted by atomic mass is 16.5. The molecule has 7 nitrogen and oxygen atoms in total. The van der Waals surface area contributed by atoms with E-state index in [0.717, 1.165) is 70.8 Å². The molecule has 7 heteroatoms. The van der Waals surface area contributed by atoms with Gasteiger partial charge in [0.15, 0.2) is 5.96 Å². The summed E-state index contributed by atoms with van der Waals surface area (Å²) in [6, 6.07) is 0.371. The van der Waals surface area contributed by atoms with Crippen molar-refractivity contribution in [3.8, 4) is 0 Å². The van der Waals surface area contributed by atoms with E-state index in [1.165, 1.54) is 25.9 Å². The highest BCUT2D eigenvalue weighted by Crippen LogP contribution is 2.32. The molecule has 0 radical (unpaired) electrons. The number of aliphatic imine (C=N–C) groups is 1. The third-order valence-electron chi connectivity index (χ3n) is 6.76. The van der Waals surface area contributed by atoms with Crippen LogP contribution in [0.15, 0.2) is 4.99 Å². The first-order valence-corrected chi connectivity index (χ1v) is 11.7. The average Bonchev–Trinajstić information content (AvgIpc) is 3.29. The molecule has 166 valence electrons. The van der Waals surface area contributed by atoms with Gasteiger partial charge in [0.2, 0.25) is 0 Å². The molecule has 0 bridgehead atoms. The van der Waals surface area contributed by atoms with Crippen LogP contribution in [0.25, 0.3) is 0 Å². The molecule has 2 saturated heterocycles. The van der Waals surface area contributed by atoms with Crippen LogP contribution >= 0.6 is 0 Å². The van der Waals surface area contributed by atoms with E-state index in [4.69, 9.17) is 14.5 Å². The van der Waals surface area contributed by atoms with Gasteiger partial charge < -0.3 is 20.1 Å². The Hall–Kier alpha value is -1.34. The van der Waals surface area contributed by atoms with Crippen LogP contribution in [-0.4, -0.2) is 74.4 Å². The van der Waals surface area contributed by atoms with Crippen LogP contribution in [0.1, 0.15) is 65.2 Å². The van der Waals surface area contributed by atoms with E-state index in [9.17, 15) is 4.79 Å². The number of nitrogens with zero attached hydrogens (tertiary/aromatic N) is 2. The zero-order chi connectivity index (χ0) is 20.5. The smallest absolute Gasteiger partial charge is 0.308 e. The van der Waals surface area contributed by atoms with E-state index in [2.05, 4.69) is 22.5 Å². The maximum atomic E-state index is 12.0. The maximum absolute atomic E-state index is 12.0. The van der Waals surface area contributed by atoms with Crippen molar-refractivity contribution >= 4 is 11.9 Å². The summed E-state index contributed by atoms with van der Waals surface area (Å²) in [5.74, 6) is 0.948. The van der Waals surface area contributed by atoms with Crippen LogP contribution in [0.5, 0.6) is 0 Å². The highest BCUT2D eigenvalue weighted by molar-refractivity contribution is 5.80. The number of rotatable bonds is 7. The zero-order valence-corrected chi connectivity index (χ0v) is 18.4. The molecule has 2 heterocycles. The van der Waals surface area contributed by atoms with Gasteiger partial charge >= 0.3 is 5.97 Å². The number of hydrogen-bond donors (Lipinski definition) is 2. The van der Waals surface area contributed by atoms with Gasteiger partial charge in [-0.1, -0.05) is 0 Å². The predicted molar refractivity (Wildman–Crippen MR) is 115 cm³/mol. The van der Waals surface area contributed by atoms with Crippen molar-refractivity contribution in [2.24, 2.45) is 10.9 Å². The summed E-state index contributed by atoms with van der Waals surface area (Å²) in [4.78, 5) is 19.7. The third kappa shape index (κ3) is 6.07. The normalized spacial score (nSPS) is 28.1. The van der Waals surface area contributed by atoms with Crippen LogP contribution in [0.3, 0.4) is 0 Å². The number of ether oxygens (including phenoxy) is 2. The SMILES string of the molecule is CCNC(=NCC1(N2CCCC2)CCOCC1)NC1CCC(C(=O)OCC)CC1. The van der Waals surface area contributed by atoms with Gasteiger partial charge in [0.1, 0.15) is 0 Å². The van der Waals surface area contributed by atoms with E-state index >= 15 is 0 Å². The number of nitrogens with one attached hydrogen (secondary N) is 2. The summed E-state index contributed by atoms with van der Waals surface area (Å²) in [7, 11) is 0. The van der Waals surface area contributed by atoms with E-state index < -0.39 is 0 Å². The number of hydrogen-bond acceptors (Lipinski definition) is 5. The molecule has 1 saturated carbocycles. The fourth-order valence-corrected chi connectivity index (χ4v) is 4.99. The lowest BCUT2D eigenvalue weighted by molar-refractivity contribution is -0.149. The van der Waals surface area contributed by atoms with Crippen LogP contribution in [0.4, 0.5) is 0 Å². The number of carbonyl (C=O) groups is 1. The molecule has 0 aromatic rings. The molecule has 1 aliphatic carbocycles. The summed E-state index contributed by atoms with van der Waals surface area (Å²) in [6.45, 7) is 10.2. The highest BCUT2D eigenvalue weighted by Gasteiger charge is 2.39. The van der Waals surface area contributed by atoms with Gasteiger partial charge in [-0.2, -0.15) is 0 Å². The molecule has 3 aliphatic rings. The Morgan fingerprint density at radius 1 is 1.14 bits per heavy atom. The lowest BCUT2D eigenvalue weighted by atomic mass is 9.86. The molecule has 0 atom stereocenters. The Bertz CT molecular complexity index is 534. The van der Waals surface area contributed by atoms with Gasteiger partial charge in [-0.05, 0) is 78.3 Å². The van der Waals surface area contributed by atoms with Crippen molar-refractivity contribution in [3.05, 3.63) is 0 Å². The first-order valence-electron chi connectivity index (χ1n) is 11.7. The molecule has 2 N–H and O–H groups in total. The molecule has 0 aromatic carbocycles. The number of likely N-dealkylation sites (tertiary alicyclic amines) is 1. The van der Waals surface area contributed by atoms with Crippen LogP contribution in [-0.2, 0) is 14.3 Å². The third-order valence-corrected chi connectivity index (χ3v) is 6.76. The van der Waals surface area contributed by atoms with Crippen molar-refractivity contribution in [1.29, 1.82) is 0 Å². The van der Waals surface area contributed by atoms with Gasteiger partial charge in [-0.25, -0.2) is 0 Å². The van der Waals surface area contributed by atoms with Gasteiger partial charge in [0, 0.05) is 31.3 Å². The fraction of sp³-hybridized carbons (Fsp3) is 0.909. The second-order valence-electron chi connectivity index (χ2n) is 8.67. The van der Waals surface area contributed by atoms with Gasteiger partial charge in [0.05, 0.1) is 19.1 Å². The fourth-order valence-electron chi connectivity index (χ4n) is 4.99. The summed E-state index contributed by atoms with van der Waals surface area (Å²) in [5, 5.41) is 7.06. The van der Waals surface area contributed by atoms with Crippen molar-refractivity contribution in [2.75, 3.05) is 46.0 Å². The average molecular weight is 409 g/mol. The van der Waals surface area contributed by atoms with Gasteiger partial charge in [-0.15, -0.1) is 0 Å². The standard InChI is InChI=1S/C22H40N4O3/c1-3-23-21(25-19-9-7-18(8-10-19)20(27)29-4-2)24-17-22(11-15-28-16-12-22)26-13-5-6-14-26/h18-19H,3-17H2,1-2H3,(H2,23,24,25). The Morgan fingerprint density at radius 2 is 1.83 bits per heavy atom. The van der Waals surface area contributed by atoms with Crippen LogP contribution in [0, 0.1) is 5.92 Å². The quantitative estimate of drug-likeness (QED) is 0.383. The monoisotopic (exact) mass is 408 g/mol. The first-order chi connectivity index (χ1) is 14.2. The van der Waals surface area contributed by atoms with Gasteiger partial charge in [-0.3, -0.25) is 14.7 Å². The maximum Gasteiger partial charge on any atom is 0.308 e. The largest absolute Gasteiger partial charge is 0.466 e. The van der Waals surface area contributed by atoms with Crippen LogP contribution < -0.4 is 10.6 Å². The second kappa shape index (κ2) is 11.2. The van der Waals surface area contributed by atoms with E-state index in [1.807, 2.05) is 6.92 Å². The Balaban J connectivity index is 1.57. The molecular formula is C22H40N4O3. The summed E-state index contributed by atoms with van der Waals surface area (Å²) < 4.78 is 10.9. The lowest BCUT2D eigenvalue weighted by Crippen LogP contribution is -2.54. The van der Waals surface area contributed by atoms with E-state index in [0.29, 0.717) is 12.6 Å². The first kappa shape index (κ1) is 22.3. The second-order valence-corrected chi connectivity index (χ2v) is 8.67. The lowest BCUT2D eigenvalue weighted by Gasteiger charge is -2.43. The molecule has 0 spiro atoms. The Morgan fingerprint density at radius 3 is 2.45 bits per heavy atom. The molecule has 2 aliphatic heterocycles. The minimum atomic E-state index is -0.0291. The van der Waals surface area contributed by atoms with Crippen molar-refractivity contribution in [3.63, 3.8) is 0 Å². The topological polar surface area (TPSA) is 75.2 Å². The molecule has 0 unspecified atom stereocenters. The molecule has 0 aromatic heterocycles. The van der Waals surface area contributed by atoms with E-state index in [1.54, 1.807) is 0 Å². The predicted octanol–water partition coefficient (Wildman–Crippen LogP) is 2.31. The van der Waals surface area contributed by atoms with Crippen molar-refractivity contribution in [2.45, 2.75) is 76.8 Å². The summed E-state index contributed by atoms with van der Waals surface area (Å²) >= 11 is 0. The number of guanidine groups is 1. The van der Waals surface area contributed by atoms with Crippen molar-refractivity contribution < 1.29 is 14.3 Å².